The van der Waals surface area contributed by atoms with Crippen molar-refractivity contribution in [3.05, 3.63) is 29.8 Å². The maximum absolute atomic E-state index is 12.1. The third-order valence-electron chi connectivity index (χ3n) is 3.85. The predicted octanol–water partition coefficient (Wildman–Crippen LogP) is 2.08. The third-order valence-corrected chi connectivity index (χ3v) is 3.85. The standard InChI is InChI=1S/C14H17N3O2/c1-9(2)17-13(18)16-12(15)14(17)7-8-19-11-6-4-3-5-10(11)14/h3-6,9H,7-8H2,1-2H3,(H2,15,16,18). The van der Waals surface area contributed by atoms with E-state index in [2.05, 4.69) is 5.32 Å². The van der Waals surface area contributed by atoms with E-state index in [1.165, 1.54) is 0 Å². The molecule has 2 amide bonds. The molecule has 19 heavy (non-hydrogen) atoms. The Kier molecular flexibility index (Phi) is 2.52. The second-order valence-electron chi connectivity index (χ2n) is 5.22. The number of carbonyl (C=O) groups is 1. The molecular weight excluding hydrogens is 242 g/mol. The van der Waals surface area contributed by atoms with Crippen LogP contribution in [0.5, 0.6) is 5.75 Å². The predicted molar refractivity (Wildman–Crippen MR) is 71.5 cm³/mol. The molecule has 1 fully saturated rings. The van der Waals surface area contributed by atoms with Gasteiger partial charge in [0.2, 0.25) is 0 Å². The fraction of sp³-hybridized carbons (Fsp3) is 0.429. The first-order chi connectivity index (χ1) is 9.07. The van der Waals surface area contributed by atoms with Gasteiger partial charge in [-0.3, -0.25) is 10.7 Å². The van der Waals surface area contributed by atoms with Crippen LogP contribution in [0, 0.1) is 5.41 Å². The lowest BCUT2D eigenvalue weighted by Crippen LogP contribution is -2.52. The summed E-state index contributed by atoms with van der Waals surface area (Å²) >= 11 is 0. The van der Waals surface area contributed by atoms with E-state index in [0.29, 0.717) is 13.0 Å². The van der Waals surface area contributed by atoms with Crippen LogP contribution in [0.4, 0.5) is 4.79 Å². The van der Waals surface area contributed by atoms with Gasteiger partial charge in [-0.2, -0.15) is 0 Å². The minimum Gasteiger partial charge on any atom is -0.493 e. The van der Waals surface area contributed by atoms with Crippen molar-refractivity contribution in [2.24, 2.45) is 0 Å². The molecule has 3 rings (SSSR count). The van der Waals surface area contributed by atoms with Crippen molar-refractivity contribution in [3.63, 3.8) is 0 Å². The number of nitrogens with one attached hydrogen (secondary N) is 2. The summed E-state index contributed by atoms with van der Waals surface area (Å²) in [5, 5.41) is 10.9. The van der Waals surface area contributed by atoms with E-state index >= 15 is 0 Å². The summed E-state index contributed by atoms with van der Waals surface area (Å²) in [5.41, 5.74) is 0.207. The zero-order valence-corrected chi connectivity index (χ0v) is 11.1. The molecule has 2 heterocycles. The molecule has 5 nitrogen and oxygen atoms in total. The molecule has 0 radical (unpaired) electrons. The second-order valence-corrected chi connectivity index (χ2v) is 5.22. The molecule has 0 aliphatic carbocycles. The van der Waals surface area contributed by atoms with Crippen LogP contribution in [0.1, 0.15) is 25.8 Å². The third kappa shape index (κ3) is 1.47. The maximum Gasteiger partial charge on any atom is 0.324 e. The van der Waals surface area contributed by atoms with Gasteiger partial charge in [0.1, 0.15) is 17.1 Å². The minimum atomic E-state index is -0.694. The molecule has 100 valence electrons. The number of nitrogens with zero attached hydrogens (tertiary/aromatic N) is 1. The van der Waals surface area contributed by atoms with Crippen molar-refractivity contribution in [3.8, 4) is 5.75 Å². The summed E-state index contributed by atoms with van der Waals surface area (Å²) in [6.07, 6.45) is 0.611. The zero-order chi connectivity index (χ0) is 13.6. The van der Waals surface area contributed by atoms with Crippen LogP contribution >= 0.6 is 0 Å². The number of hydrogen-bond acceptors (Lipinski definition) is 3. The molecule has 1 aromatic carbocycles. The average Bonchev–Trinajstić information content (AvgIpc) is 2.62. The Balaban J connectivity index is 2.22. The van der Waals surface area contributed by atoms with Crippen LogP contribution in [0.25, 0.3) is 0 Å². The molecule has 2 aliphatic heterocycles. The van der Waals surface area contributed by atoms with Gasteiger partial charge in [0, 0.05) is 18.0 Å². The first-order valence-electron chi connectivity index (χ1n) is 6.49. The molecule has 0 bridgehead atoms. The molecule has 0 aromatic heterocycles. The number of amidine groups is 1. The first kappa shape index (κ1) is 12.0. The van der Waals surface area contributed by atoms with Gasteiger partial charge in [0.05, 0.1) is 6.61 Å². The Bertz CT molecular complexity index is 555. The van der Waals surface area contributed by atoms with Gasteiger partial charge in [-0.15, -0.1) is 0 Å². The lowest BCUT2D eigenvalue weighted by Gasteiger charge is -2.42. The summed E-state index contributed by atoms with van der Waals surface area (Å²) in [6, 6.07) is 7.49. The molecule has 2 N–H and O–H groups in total. The molecule has 2 aliphatic rings. The van der Waals surface area contributed by atoms with Gasteiger partial charge in [0.15, 0.2) is 0 Å². The molecule has 1 aromatic rings. The quantitative estimate of drug-likeness (QED) is 0.811. The Hall–Kier alpha value is -2.04. The Labute approximate surface area is 112 Å². The second kappa shape index (κ2) is 3.98. The van der Waals surface area contributed by atoms with E-state index in [1.807, 2.05) is 38.1 Å². The topological polar surface area (TPSA) is 65.4 Å². The van der Waals surface area contributed by atoms with E-state index in [0.717, 1.165) is 11.3 Å². The van der Waals surface area contributed by atoms with Crippen molar-refractivity contribution >= 4 is 11.9 Å². The number of para-hydroxylation sites is 1. The fourth-order valence-corrected chi connectivity index (χ4v) is 3.13. The van der Waals surface area contributed by atoms with Gasteiger partial charge in [-0.1, -0.05) is 18.2 Å². The van der Waals surface area contributed by atoms with Crippen LogP contribution < -0.4 is 10.1 Å². The summed E-state index contributed by atoms with van der Waals surface area (Å²) in [5.74, 6) is 1.02. The Morgan fingerprint density at radius 2 is 2.16 bits per heavy atom. The number of fused-ring (bicyclic) bond motifs is 2. The van der Waals surface area contributed by atoms with Gasteiger partial charge in [-0.05, 0) is 19.9 Å². The minimum absolute atomic E-state index is 0.0222. The molecule has 1 unspecified atom stereocenters. The van der Waals surface area contributed by atoms with Gasteiger partial charge >= 0.3 is 6.03 Å². The highest BCUT2D eigenvalue weighted by Crippen LogP contribution is 2.44. The number of ether oxygens (including phenoxy) is 1. The van der Waals surface area contributed by atoms with Crippen LogP contribution in [-0.4, -0.2) is 29.4 Å². The van der Waals surface area contributed by atoms with Crippen molar-refractivity contribution in [1.82, 2.24) is 10.2 Å². The average molecular weight is 259 g/mol. The lowest BCUT2D eigenvalue weighted by molar-refractivity contribution is 0.111. The largest absolute Gasteiger partial charge is 0.493 e. The highest BCUT2D eigenvalue weighted by Gasteiger charge is 2.54. The van der Waals surface area contributed by atoms with Crippen LogP contribution in [-0.2, 0) is 5.54 Å². The number of benzene rings is 1. The number of rotatable bonds is 1. The highest BCUT2D eigenvalue weighted by atomic mass is 16.5. The lowest BCUT2D eigenvalue weighted by atomic mass is 9.82. The van der Waals surface area contributed by atoms with Crippen molar-refractivity contribution in [2.75, 3.05) is 6.61 Å². The first-order valence-corrected chi connectivity index (χ1v) is 6.49. The molecule has 1 saturated heterocycles. The highest BCUT2D eigenvalue weighted by molar-refractivity contribution is 6.09. The molecule has 1 atom stereocenters. The van der Waals surface area contributed by atoms with Crippen LogP contribution in [0.3, 0.4) is 0 Å². The zero-order valence-electron chi connectivity index (χ0n) is 11.1. The summed E-state index contributed by atoms with van der Waals surface area (Å²) < 4.78 is 5.66. The SMILES string of the molecule is CC(C)N1C(=O)NC(=N)C12CCOc1ccccc12. The van der Waals surface area contributed by atoms with Crippen molar-refractivity contribution < 1.29 is 9.53 Å². The Morgan fingerprint density at radius 3 is 2.89 bits per heavy atom. The van der Waals surface area contributed by atoms with Gasteiger partial charge < -0.3 is 9.64 Å². The van der Waals surface area contributed by atoms with E-state index in [1.54, 1.807) is 4.90 Å². The van der Waals surface area contributed by atoms with E-state index in [9.17, 15) is 4.79 Å². The monoisotopic (exact) mass is 259 g/mol. The fourth-order valence-electron chi connectivity index (χ4n) is 3.13. The number of amides is 2. The van der Waals surface area contributed by atoms with Gasteiger partial charge in [0.25, 0.3) is 0 Å². The number of carbonyl (C=O) groups excluding carboxylic acids is 1. The summed E-state index contributed by atoms with van der Waals surface area (Å²) in [6.45, 7) is 4.45. The maximum atomic E-state index is 12.1. The summed E-state index contributed by atoms with van der Waals surface area (Å²) in [4.78, 5) is 13.9. The molecule has 1 spiro atoms. The number of urea groups is 1. The molecular formula is C14H17N3O2. The van der Waals surface area contributed by atoms with Gasteiger partial charge in [-0.25, -0.2) is 4.79 Å². The normalized spacial score (nSPS) is 25.5. The van der Waals surface area contributed by atoms with Crippen LogP contribution in [0.15, 0.2) is 24.3 Å². The van der Waals surface area contributed by atoms with E-state index in [4.69, 9.17) is 10.1 Å². The summed E-state index contributed by atoms with van der Waals surface area (Å²) in [7, 11) is 0. The Morgan fingerprint density at radius 1 is 1.42 bits per heavy atom. The number of hydrogen-bond donors (Lipinski definition) is 2. The van der Waals surface area contributed by atoms with Crippen molar-refractivity contribution in [2.45, 2.75) is 31.8 Å². The van der Waals surface area contributed by atoms with Crippen LogP contribution in [0.2, 0.25) is 0 Å². The molecule has 5 heteroatoms. The van der Waals surface area contributed by atoms with Crippen molar-refractivity contribution in [1.29, 1.82) is 5.41 Å². The smallest absolute Gasteiger partial charge is 0.324 e. The van der Waals surface area contributed by atoms with E-state index in [-0.39, 0.29) is 17.9 Å². The van der Waals surface area contributed by atoms with E-state index < -0.39 is 5.54 Å². The molecule has 0 saturated carbocycles.